The van der Waals surface area contributed by atoms with Crippen molar-refractivity contribution in [3.63, 3.8) is 0 Å². The van der Waals surface area contributed by atoms with Gasteiger partial charge in [0.05, 0.1) is 21.2 Å². The molecule has 0 atom stereocenters. The third-order valence-corrected chi connectivity index (χ3v) is 6.78. The van der Waals surface area contributed by atoms with Gasteiger partial charge in [0.15, 0.2) is 0 Å². The van der Waals surface area contributed by atoms with Crippen LogP contribution < -0.4 is 9.80 Å². The molecule has 1 aromatic carbocycles. The molecular formula is C28H54N2O4S. The van der Waals surface area contributed by atoms with Crippen molar-refractivity contribution in [2.45, 2.75) is 110 Å². The lowest BCUT2D eigenvalue weighted by Gasteiger charge is -2.29. The molecular weight excluding hydrogens is 460 g/mol. The van der Waals surface area contributed by atoms with Crippen LogP contribution in [0.3, 0.4) is 0 Å². The molecule has 0 fully saturated rings. The van der Waals surface area contributed by atoms with Gasteiger partial charge in [0.25, 0.3) is 0 Å². The van der Waals surface area contributed by atoms with Crippen molar-refractivity contribution in [2.75, 3.05) is 34.4 Å². The highest BCUT2D eigenvalue weighted by Crippen LogP contribution is 2.17. The van der Waals surface area contributed by atoms with Gasteiger partial charge in [0.2, 0.25) is 10.4 Å². The van der Waals surface area contributed by atoms with Crippen LogP contribution in [0.2, 0.25) is 0 Å². The number of quaternary nitrogens is 1. The minimum Gasteiger partial charge on any atom is -0.726 e. The molecule has 0 heterocycles. The van der Waals surface area contributed by atoms with Gasteiger partial charge < -0.3 is 4.55 Å². The van der Waals surface area contributed by atoms with Crippen molar-refractivity contribution in [1.82, 2.24) is 9.80 Å². The number of benzene rings is 1. The summed E-state index contributed by atoms with van der Waals surface area (Å²) < 4.78 is 31.9. The van der Waals surface area contributed by atoms with E-state index in [4.69, 9.17) is 0 Å². The Morgan fingerprint density at radius 2 is 1.11 bits per heavy atom. The Balaban J connectivity index is 0.00000170. The van der Waals surface area contributed by atoms with Crippen molar-refractivity contribution in [1.29, 1.82) is 0 Å². The van der Waals surface area contributed by atoms with Crippen LogP contribution in [0, 0.1) is 0 Å². The maximum Gasteiger partial charge on any atom is 0.217 e. The minimum atomic E-state index is -4.41. The molecule has 0 aliphatic rings. The summed E-state index contributed by atoms with van der Waals surface area (Å²) >= 11 is 0. The van der Waals surface area contributed by atoms with E-state index in [1.165, 1.54) is 108 Å². The third-order valence-electron chi connectivity index (χ3n) is 6.37. The first-order valence-corrected chi connectivity index (χ1v) is 15.2. The lowest BCUT2D eigenvalue weighted by molar-refractivity contribution is 0.314. The second kappa shape index (κ2) is 22.2. The summed E-state index contributed by atoms with van der Waals surface area (Å²) in [6, 6.07) is 10.8. The summed E-state index contributed by atoms with van der Waals surface area (Å²) in [6.45, 7) is 4.45. The maximum absolute atomic E-state index is 9.22. The van der Waals surface area contributed by atoms with E-state index in [-0.39, 0.29) is 0 Å². The van der Waals surface area contributed by atoms with E-state index in [0.29, 0.717) is 0 Å². The molecule has 1 N–H and O–H groups in total. The molecule has 0 aliphatic carbocycles. The van der Waals surface area contributed by atoms with Crippen LogP contribution in [0.15, 0.2) is 30.3 Å². The average Bonchev–Trinajstić information content (AvgIpc) is 2.84. The first-order valence-electron chi connectivity index (χ1n) is 13.8. The van der Waals surface area contributed by atoms with Crippen molar-refractivity contribution in [2.24, 2.45) is 0 Å². The van der Waals surface area contributed by atoms with E-state index in [0.717, 1.165) is 24.8 Å². The Labute approximate surface area is 217 Å². The van der Waals surface area contributed by atoms with Crippen LogP contribution >= 0.6 is 0 Å². The number of nitrogens with zero attached hydrogens (tertiary/aromatic N) is 1. The SMILES string of the molecule is CCCCCCCCCCCCCCCCCCNC[N+](C)(C)c1ccccc1.COS(=O)(=O)[O-]. The molecule has 0 aliphatic heterocycles. The summed E-state index contributed by atoms with van der Waals surface area (Å²) in [4.78, 5) is 0. The summed E-state index contributed by atoms with van der Waals surface area (Å²) in [7, 11) is 0.943. The lowest BCUT2D eigenvalue weighted by Crippen LogP contribution is -2.47. The Morgan fingerprint density at radius 3 is 1.49 bits per heavy atom. The van der Waals surface area contributed by atoms with E-state index in [2.05, 4.69) is 60.9 Å². The zero-order valence-electron chi connectivity index (χ0n) is 23.1. The topological polar surface area (TPSA) is 78.5 Å². The van der Waals surface area contributed by atoms with Crippen molar-refractivity contribution in [3.05, 3.63) is 30.3 Å². The van der Waals surface area contributed by atoms with Crippen LogP contribution in [0.5, 0.6) is 0 Å². The fourth-order valence-corrected chi connectivity index (χ4v) is 4.08. The Hall–Kier alpha value is -0.990. The normalized spacial score (nSPS) is 11.8. The maximum atomic E-state index is 9.22. The van der Waals surface area contributed by atoms with E-state index < -0.39 is 10.4 Å². The largest absolute Gasteiger partial charge is 0.726 e. The molecule has 0 aromatic heterocycles. The molecule has 206 valence electrons. The standard InChI is InChI=1S/C27H51N2.CH4O4S/c1-4-5-6-7-8-9-10-11-12-13-14-15-16-17-18-22-25-28-26-29(2,3)27-23-20-19-21-24-27;1-5-6(2,3)4/h19-21,23-24,28H,4-18,22,25-26H2,1-3H3;1H3,(H,2,3,4)/q+1;/p-1. The predicted molar refractivity (Wildman–Crippen MR) is 149 cm³/mol. The summed E-state index contributed by atoms with van der Waals surface area (Å²) in [5.74, 6) is 0. The van der Waals surface area contributed by atoms with E-state index in [1.807, 2.05) is 0 Å². The third kappa shape index (κ3) is 23.2. The highest BCUT2D eigenvalue weighted by atomic mass is 32.3. The first-order chi connectivity index (χ1) is 16.7. The number of hydrogen-bond acceptors (Lipinski definition) is 5. The molecule has 0 radical (unpaired) electrons. The van der Waals surface area contributed by atoms with Crippen LogP contribution in [0.25, 0.3) is 0 Å². The summed E-state index contributed by atoms with van der Waals surface area (Å²) in [6.07, 6.45) is 23.0. The van der Waals surface area contributed by atoms with Gasteiger partial charge in [-0.2, -0.15) is 0 Å². The molecule has 0 saturated heterocycles. The zero-order chi connectivity index (χ0) is 26.3. The van der Waals surface area contributed by atoms with Gasteiger partial charge in [-0.1, -0.05) is 121 Å². The van der Waals surface area contributed by atoms with Crippen LogP contribution in [0.4, 0.5) is 5.69 Å². The average molecular weight is 515 g/mol. The number of hydrogen-bond donors (Lipinski definition) is 1. The number of rotatable bonds is 21. The smallest absolute Gasteiger partial charge is 0.217 e. The number of unbranched alkanes of at least 4 members (excludes halogenated alkanes) is 15. The predicted octanol–water partition coefficient (Wildman–Crippen LogP) is 7.16. The van der Waals surface area contributed by atoms with Crippen molar-refractivity contribution >= 4 is 16.1 Å². The van der Waals surface area contributed by atoms with Crippen LogP contribution in [-0.2, 0) is 14.6 Å². The van der Waals surface area contributed by atoms with Gasteiger partial charge in [0.1, 0.15) is 12.4 Å². The Morgan fingerprint density at radius 1 is 0.743 bits per heavy atom. The van der Waals surface area contributed by atoms with Gasteiger partial charge in [-0.05, 0) is 18.6 Å². The molecule has 1 rings (SSSR count). The van der Waals surface area contributed by atoms with Crippen molar-refractivity contribution < 1.29 is 17.2 Å². The van der Waals surface area contributed by atoms with Gasteiger partial charge in [0, 0.05) is 6.54 Å². The fraction of sp³-hybridized carbons (Fsp3) is 0.786. The summed E-state index contributed by atoms with van der Waals surface area (Å²) in [5, 5.41) is 3.65. The first kappa shape index (κ1) is 34.0. The van der Waals surface area contributed by atoms with Gasteiger partial charge in [-0.15, -0.1) is 0 Å². The highest BCUT2D eigenvalue weighted by Gasteiger charge is 2.17. The molecule has 35 heavy (non-hydrogen) atoms. The van der Waals surface area contributed by atoms with Crippen molar-refractivity contribution in [3.8, 4) is 0 Å². The molecule has 7 heteroatoms. The minimum absolute atomic E-state index is 0.808. The second-order valence-electron chi connectivity index (χ2n) is 10.1. The molecule has 6 nitrogen and oxygen atoms in total. The van der Waals surface area contributed by atoms with Gasteiger partial charge >= 0.3 is 0 Å². The van der Waals surface area contributed by atoms with E-state index in [9.17, 15) is 13.0 Å². The molecule has 1 aromatic rings. The molecule has 0 saturated carbocycles. The number of nitrogens with one attached hydrogen (secondary N) is 1. The molecule has 0 bridgehead atoms. The van der Waals surface area contributed by atoms with E-state index in [1.54, 1.807) is 0 Å². The quantitative estimate of drug-likeness (QED) is 0.0619. The van der Waals surface area contributed by atoms with E-state index >= 15 is 0 Å². The molecule has 0 amide bonds. The van der Waals surface area contributed by atoms with Gasteiger partial charge in [-0.3, -0.25) is 14.0 Å². The Kier molecular flexibility index (Phi) is 21.6. The second-order valence-corrected chi connectivity index (χ2v) is 11.2. The number of para-hydroxylation sites is 1. The Bertz CT molecular complexity index is 681. The summed E-state index contributed by atoms with van der Waals surface area (Å²) in [5.41, 5.74) is 1.37. The monoisotopic (exact) mass is 514 g/mol. The highest BCUT2D eigenvalue weighted by molar-refractivity contribution is 7.80. The van der Waals surface area contributed by atoms with Crippen LogP contribution in [0.1, 0.15) is 110 Å². The molecule has 0 unspecified atom stereocenters. The lowest BCUT2D eigenvalue weighted by atomic mass is 10.0. The van der Waals surface area contributed by atoms with Crippen LogP contribution in [-0.4, -0.2) is 47.4 Å². The molecule has 0 spiro atoms. The fourth-order valence-electron chi connectivity index (χ4n) is 4.08. The zero-order valence-corrected chi connectivity index (χ0v) is 23.9. The van der Waals surface area contributed by atoms with Gasteiger partial charge in [-0.25, -0.2) is 8.42 Å².